The van der Waals surface area contributed by atoms with Crippen molar-refractivity contribution in [3.63, 3.8) is 0 Å². The summed E-state index contributed by atoms with van der Waals surface area (Å²) in [5.41, 5.74) is -0.0803. The first kappa shape index (κ1) is 21.1. The van der Waals surface area contributed by atoms with E-state index in [9.17, 15) is 23.6 Å². The number of rotatable bonds is 6. The van der Waals surface area contributed by atoms with Crippen molar-refractivity contribution in [1.82, 2.24) is 8.96 Å². The fourth-order valence-electron chi connectivity index (χ4n) is 3.37. The Morgan fingerprint density at radius 1 is 1.03 bits per heavy atom. The Bertz CT molecular complexity index is 1450. The largest absolute Gasteiger partial charge is 0.502 e. The minimum atomic E-state index is -4.16. The van der Waals surface area contributed by atoms with Gasteiger partial charge in [-0.15, -0.1) is 0 Å². The van der Waals surface area contributed by atoms with Crippen LogP contribution in [0.25, 0.3) is 22.4 Å². The molecule has 1 heterocycles. The van der Waals surface area contributed by atoms with E-state index < -0.39 is 26.4 Å². The number of nitrogens with zero attached hydrogens (tertiary/aromatic N) is 3. The quantitative estimate of drug-likeness (QED) is 0.344. The van der Waals surface area contributed by atoms with Gasteiger partial charge in [0.1, 0.15) is 5.52 Å². The lowest BCUT2D eigenvalue weighted by Gasteiger charge is -2.12. The summed E-state index contributed by atoms with van der Waals surface area (Å²) in [6.45, 7) is 0. The molecule has 0 atom stereocenters. The number of benzene rings is 3. The van der Waals surface area contributed by atoms with Crippen LogP contribution < -0.4 is 9.47 Å². The number of methoxy groups -OCH3 is 2. The highest BCUT2D eigenvalue weighted by molar-refractivity contribution is 7.90. The van der Waals surface area contributed by atoms with Crippen LogP contribution in [-0.2, 0) is 10.0 Å². The molecule has 0 fully saturated rings. The number of nitro benzene ring substituents is 1. The molecule has 0 amide bonds. The summed E-state index contributed by atoms with van der Waals surface area (Å²) in [6.07, 6.45) is 0. The molecule has 32 heavy (non-hydrogen) atoms. The molecule has 0 radical (unpaired) electrons. The minimum Gasteiger partial charge on any atom is -0.502 e. The number of phenolic OH excluding ortho intramolecular Hbond substituents is 1. The summed E-state index contributed by atoms with van der Waals surface area (Å²) in [5, 5.41) is 21.2. The number of hydrogen-bond donors (Lipinski definition) is 1. The second-order valence-corrected chi connectivity index (χ2v) is 8.43. The smallest absolute Gasteiger partial charge is 0.311 e. The number of hydrogen-bond acceptors (Lipinski definition) is 8. The predicted octanol–water partition coefficient (Wildman–Crippen LogP) is 3.57. The van der Waals surface area contributed by atoms with Crippen molar-refractivity contribution in [2.75, 3.05) is 14.2 Å². The van der Waals surface area contributed by atoms with Crippen molar-refractivity contribution in [3.05, 3.63) is 70.8 Å². The number of ether oxygens (including phenoxy) is 2. The van der Waals surface area contributed by atoms with Crippen molar-refractivity contribution < 1.29 is 27.9 Å². The lowest BCUT2D eigenvalue weighted by Crippen LogP contribution is -2.14. The van der Waals surface area contributed by atoms with Crippen LogP contribution in [0.4, 0.5) is 5.69 Å². The number of fused-ring (bicyclic) bond motifs is 1. The summed E-state index contributed by atoms with van der Waals surface area (Å²) in [4.78, 5) is 15.0. The molecule has 0 aliphatic rings. The molecule has 11 heteroatoms. The van der Waals surface area contributed by atoms with Gasteiger partial charge < -0.3 is 14.6 Å². The lowest BCUT2D eigenvalue weighted by atomic mass is 10.2. The fourth-order valence-corrected chi connectivity index (χ4v) is 4.86. The number of aromatic nitrogens is 2. The van der Waals surface area contributed by atoms with Gasteiger partial charge in [-0.2, -0.15) is 0 Å². The molecule has 4 aromatic rings. The number of aromatic hydroxyl groups is 1. The Morgan fingerprint density at radius 3 is 2.38 bits per heavy atom. The van der Waals surface area contributed by atoms with E-state index in [0.717, 1.165) is 16.1 Å². The molecular formula is C21H17N3O7S. The van der Waals surface area contributed by atoms with E-state index in [1.807, 2.05) is 0 Å². The molecule has 0 aliphatic heterocycles. The fraction of sp³-hybridized carbons (Fsp3) is 0.0952. The third-order valence-corrected chi connectivity index (χ3v) is 6.56. The highest BCUT2D eigenvalue weighted by atomic mass is 32.2. The standard InChI is InChI=1S/C21H17N3O7S/c1-30-18-11-9-15-19(20(18)31-2)22-21(13-8-10-17(25)16(12-13)24(26)27)23(15)32(28,29)14-6-4-3-5-7-14/h3-12,25H,1-2H3. The van der Waals surface area contributed by atoms with Gasteiger partial charge in [0.15, 0.2) is 23.1 Å². The highest BCUT2D eigenvalue weighted by Crippen LogP contribution is 2.40. The molecule has 0 saturated carbocycles. The molecule has 10 nitrogen and oxygen atoms in total. The zero-order valence-corrected chi connectivity index (χ0v) is 17.7. The Balaban J connectivity index is 2.12. The van der Waals surface area contributed by atoms with Gasteiger partial charge in [0.05, 0.1) is 29.6 Å². The molecular weight excluding hydrogens is 438 g/mol. The Hall–Kier alpha value is -4.12. The molecule has 1 N–H and O–H groups in total. The average molecular weight is 455 g/mol. The summed E-state index contributed by atoms with van der Waals surface area (Å²) in [5.74, 6) is -0.0865. The second-order valence-electron chi connectivity index (χ2n) is 6.65. The van der Waals surface area contributed by atoms with Crippen LogP contribution in [0.1, 0.15) is 0 Å². The SMILES string of the molecule is COc1ccc2c(nc(-c3ccc(O)c([N+](=O)[O-])c3)n2S(=O)(=O)c2ccccc2)c1OC. The molecule has 1 aromatic heterocycles. The summed E-state index contributed by atoms with van der Waals surface area (Å²) in [7, 11) is -1.33. The van der Waals surface area contributed by atoms with E-state index in [0.29, 0.717) is 5.75 Å². The van der Waals surface area contributed by atoms with E-state index >= 15 is 0 Å². The zero-order chi connectivity index (χ0) is 23.0. The van der Waals surface area contributed by atoms with E-state index in [1.54, 1.807) is 24.3 Å². The third-order valence-electron chi connectivity index (χ3n) is 4.84. The molecule has 0 aliphatic carbocycles. The zero-order valence-electron chi connectivity index (χ0n) is 16.9. The molecule has 0 bridgehead atoms. The van der Waals surface area contributed by atoms with Crippen molar-refractivity contribution in [3.8, 4) is 28.6 Å². The molecule has 0 saturated heterocycles. The van der Waals surface area contributed by atoms with Gasteiger partial charge in [0.25, 0.3) is 10.0 Å². The lowest BCUT2D eigenvalue weighted by molar-refractivity contribution is -0.385. The summed E-state index contributed by atoms with van der Waals surface area (Å²) < 4.78 is 38.9. The number of phenols is 1. The van der Waals surface area contributed by atoms with E-state index in [2.05, 4.69) is 4.98 Å². The average Bonchev–Trinajstić information content (AvgIpc) is 3.19. The van der Waals surface area contributed by atoms with Crippen LogP contribution in [0.15, 0.2) is 65.6 Å². The van der Waals surface area contributed by atoms with Gasteiger partial charge in [0, 0.05) is 11.6 Å². The van der Waals surface area contributed by atoms with Crippen molar-refractivity contribution in [2.45, 2.75) is 4.90 Å². The Morgan fingerprint density at radius 2 is 1.75 bits per heavy atom. The van der Waals surface area contributed by atoms with Crippen LogP contribution in [0.2, 0.25) is 0 Å². The van der Waals surface area contributed by atoms with Gasteiger partial charge in [-0.25, -0.2) is 17.4 Å². The van der Waals surface area contributed by atoms with Crippen LogP contribution in [-0.4, -0.2) is 41.6 Å². The first-order valence-corrected chi connectivity index (χ1v) is 10.7. The Labute approximate surface area is 182 Å². The van der Waals surface area contributed by atoms with Gasteiger partial charge >= 0.3 is 5.69 Å². The number of imidazole rings is 1. The van der Waals surface area contributed by atoms with E-state index in [1.165, 1.54) is 38.5 Å². The molecule has 0 spiro atoms. The topological polar surface area (TPSA) is 134 Å². The van der Waals surface area contributed by atoms with Crippen molar-refractivity contribution in [2.24, 2.45) is 0 Å². The van der Waals surface area contributed by atoms with E-state index in [4.69, 9.17) is 9.47 Å². The maximum atomic E-state index is 13.6. The maximum absolute atomic E-state index is 13.6. The highest BCUT2D eigenvalue weighted by Gasteiger charge is 2.28. The van der Waals surface area contributed by atoms with E-state index in [-0.39, 0.29) is 33.1 Å². The predicted molar refractivity (Wildman–Crippen MR) is 116 cm³/mol. The van der Waals surface area contributed by atoms with Gasteiger partial charge in [-0.05, 0) is 36.4 Å². The summed E-state index contributed by atoms with van der Waals surface area (Å²) in [6, 6.07) is 14.3. The summed E-state index contributed by atoms with van der Waals surface area (Å²) >= 11 is 0. The van der Waals surface area contributed by atoms with Gasteiger partial charge in [-0.1, -0.05) is 18.2 Å². The third kappa shape index (κ3) is 3.28. The van der Waals surface area contributed by atoms with Crippen LogP contribution >= 0.6 is 0 Å². The van der Waals surface area contributed by atoms with Gasteiger partial charge in [-0.3, -0.25) is 10.1 Å². The monoisotopic (exact) mass is 455 g/mol. The number of nitro groups is 1. The molecule has 4 rings (SSSR count). The van der Waals surface area contributed by atoms with Crippen LogP contribution in [0, 0.1) is 10.1 Å². The van der Waals surface area contributed by atoms with Crippen molar-refractivity contribution in [1.29, 1.82) is 0 Å². The molecule has 0 unspecified atom stereocenters. The first-order chi connectivity index (χ1) is 15.3. The molecule has 3 aromatic carbocycles. The first-order valence-electron chi connectivity index (χ1n) is 9.21. The van der Waals surface area contributed by atoms with Crippen LogP contribution in [0.5, 0.6) is 17.2 Å². The van der Waals surface area contributed by atoms with Crippen molar-refractivity contribution >= 4 is 26.7 Å². The maximum Gasteiger partial charge on any atom is 0.311 e. The minimum absolute atomic E-state index is 0.00335. The Kier molecular flexibility index (Phi) is 5.18. The normalized spacial score (nSPS) is 11.4. The van der Waals surface area contributed by atoms with Crippen LogP contribution in [0.3, 0.4) is 0 Å². The molecule has 164 valence electrons. The second kappa shape index (κ2) is 7.85. The van der Waals surface area contributed by atoms with Gasteiger partial charge in [0.2, 0.25) is 0 Å².